The highest BCUT2D eigenvalue weighted by atomic mass is 32.1. The molecule has 1 aliphatic rings. The van der Waals surface area contributed by atoms with Crippen LogP contribution in [0.15, 0.2) is 34.4 Å². The highest BCUT2D eigenvalue weighted by molar-refractivity contribution is 7.15. The Kier molecular flexibility index (Phi) is 3.95. The van der Waals surface area contributed by atoms with Gasteiger partial charge in [0.25, 0.3) is 5.56 Å². The van der Waals surface area contributed by atoms with Gasteiger partial charge in [0.15, 0.2) is 0 Å². The van der Waals surface area contributed by atoms with Crippen LogP contribution in [0.5, 0.6) is 0 Å². The maximum atomic E-state index is 12.2. The van der Waals surface area contributed by atoms with Gasteiger partial charge >= 0.3 is 0 Å². The molecule has 1 fully saturated rings. The van der Waals surface area contributed by atoms with Gasteiger partial charge in [0.05, 0.1) is 4.88 Å². The molecule has 1 amide bonds. The second-order valence-corrected chi connectivity index (χ2v) is 7.42. The van der Waals surface area contributed by atoms with E-state index in [0.29, 0.717) is 16.7 Å². The molecule has 9 heteroatoms. The maximum absolute atomic E-state index is 12.2. The Bertz CT molecular complexity index is 927. The predicted octanol–water partition coefficient (Wildman–Crippen LogP) is 2.34. The van der Waals surface area contributed by atoms with E-state index in [1.165, 1.54) is 28.7 Å². The topological polar surface area (TPSA) is 89.8 Å². The number of anilines is 1. The lowest BCUT2D eigenvalue weighted by Crippen LogP contribution is -2.29. The first-order chi connectivity index (χ1) is 11.7. The molecule has 3 aromatic heterocycles. The minimum absolute atomic E-state index is 0.156. The summed E-state index contributed by atoms with van der Waals surface area (Å²) in [5.41, 5.74) is 0.353. The van der Waals surface area contributed by atoms with Crippen LogP contribution in [0.3, 0.4) is 0 Å². The summed E-state index contributed by atoms with van der Waals surface area (Å²) in [5.74, 6) is 0.159. The van der Waals surface area contributed by atoms with E-state index in [1.807, 2.05) is 17.5 Å². The van der Waals surface area contributed by atoms with E-state index in [4.69, 9.17) is 0 Å². The summed E-state index contributed by atoms with van der Waals surface area (Å²) >= 11 is 2.92. The molecule has 1 saturated carbocycles. The quantitative estimate of drug-likeness (QED) is 0.755. The van der Waals surface area contributed by atoms with Crippen LogP contribution in [-0.4, -0.2) is 25.9 Å². The van der Waals surface area contributed by atoms with Crippen LogP contribution in [0.1, 0.15) is 23.8 Å². The first kappa shape index (κ1) is 15.2. The summed E-state index contributed by atoms with van der Waals surface area (Å²) in [5, 5.41) is 18.3. The van der Waals surface area contributed by atoms with E-state index in [2.05, 4.69) is 20.6 Å². The highest BCUT2D eigenvalue weighted by Crippen LogP contribution is 2.42. The fourth-order valence-corrected chi connectivity index (χ4v) is 3.81. The molecule has 0 unspecified atom stereocenters. The third-order valence-corrected chi connectivity index (χ3v) is 5.44. The van der Waals surface area contributed by atoms with Crippen molar-refractivity contribution in [2.45, 2.75) is 25.3 Å². The van der Waals surface area contributed by atoms with E-state index < -0.39 is 0 Å². The van der Waals surface area contributed by atoms with Crippen LogP contribution in [0.2, 0.25) is 0 Å². The lowest BCUT2D eigenvalue weighted by atomic mass is 10.3. The number of aromatic nitrogens is 4. The van der Waals surface area contributed by atoms with E-state index >= 15 is 0 Å². The molecule has 0 aliphatic heterocycles. The van der Waals surface area contributed by atoms with Crippen LogP contribution in [0, 0.1) is 0 Å². The second kappa shape index (κ2) is 6.25. The van der Waals surface area contributed by atoms with Crippen LogP contribution >= 0.6 is 22.7 Å². The number of nitrogens with zero attached hydrogens (tertiary/aromatic N) is 4. The zero-order chi connectivity index (χ0) is 16.5. The van der Waals surface area contributed by atoms with Gasteiger partial charge in [-0.05, 0) is 30.4 Å². The second-order valence-electron chi connectivity index (χ2n) is 5.46. The summed E-state index contributed by atoms with van der Waals surface area (Å²) in [6.45, 7) is -0.156. The predicted molar refractivity (Wildman–Crippen MR) is 92.3 cm³/mol. The number of hydrogen-bond acceptors (Lipinski definition) is 7. The Hall–Kier alpha value is -2.39. The molecule has 1 N–H and O–H groups in total. The fraction of sp³-hybridized carbons (Fsp3) is 0.267. The number of hydrogen-bond donors (Lipinski definition) is 1. The van der Waals surface area contributed by atoms with Crippen LogP contribution < -0.4 is 10.9 Å². The fourth-order valence-electron chi connectivity index (χ4n) is 2.19. The minimum atomic E-state index is -0.341. The van der Waals surface area contributed by atoms with Gasteiger partial charge in [-0.1, -0.05) is 17.4 Å². The summed E-state index contributed by atoms with van der Waals surface area (Å²) in [7, 11) is 0. The van der Waals surface area contributed by atoms with Crippen molar-refractivity contribution < 1.29 is 4.79 Å². The first-order valence-corrected chi connectivity index (χ1v) is 9.14. The number of amides is 1. The van der Waals surface area contributed by atoms with Crippen LogP contribution in [0.25, 0.3) is 10.6 Å². The smallest absolute Gasteiger partial charge is 0.267 e. The Balaban J connectivity index is 1.48. The average molecular weight is 359 g/mol. The van der Waals surface area contributed by atoms with Crippen molar-refractivity contribution in [1.29, 1.82) is 0 Å². The molecular weight excluding hydrogens is 346 g/mol. The largest absolute Gasteiger partial charge is 0.299 e. The molecule has 3 heterocycles. The Morgan fingerprint density at radius 1 is 1.29 bits per heavy atom. The van der Waals surface area contributed by atoms with Gasteiger partial charge in [-0.25, -0.2) is 4.68 Å². The van der Waals surface area contributed by atoms with E-state index in [1.54, 1.807) is 6.07 Å². The van der Waals surface area contributed by atoms with E-state index in [9.17, 15) is 9.59 Å². The van der Waals surface area contributed by atoms with Crippen molar-refractivity contribution in [3.05, 3.63) is 45.0 Å². The lowest BCUT2D eigenvalue weighted by molar-refractivity contribution is -0.117. The summed E-state index contributed by atoms with van der Waals surface area (Å²) < 4.78 is 1.16. The highest BCUT2D eigenvalue weighted by Gasteiger charge is 2.27. The van der Waals surface area contributed by atoms with Crippen LogP contribution in [0.4, 0.5) is 5.13 Å². The third kappa shape index (κ3) is 3.26. The van der Waals surface area contributed by atoms with Crippen molar-refractivity contribution >= 4 is 33.7 Å². The van der Waals surface area contributed by atoms with Gasteiger partial charge in [-0.3, -0.25) is 14.9 Å². The molecule has 0 saturated heterocycles. The zero-order valence-corrected chi connectivity index (χ0v) is 14.1. The van der Waals surface area contributed by atoms with Crippen LogP contribution in [-0.2, 0) is 11.3 Å². The van der Waals surface area contributed by atoms with Gasteiger partial charge in [-0.2, -0.15) is 5.10 Å². The number of rotatable bonds is 5. The Labute approximate surface area is 145 Å². The molecular formula is C15H13N5O2S2. The molecule has 1 aliphatic carbocycles. The number of carbonyl (C=O) groups excluding carboxylic acids is 1. The average Bonchev–Trinajstić information content (AvgIpc) is 3.08. The normalized spacial score (nSPS) is 13.8. The molecule has 0 aromatic carbocycles. The molecule has 4 rings (SSSR count). The molecule has 122 valence electrons. The maximum Gasteiger partial charge on any atom is 0.267 e. The van der Waals surface area contributed by atoms with E-state index in [-0.39, 0.29) is 18.0 Å². The molecule has 0 spiro atoms. The van der Waals surface area contributed by atoms with Crippen molar-refractivity contribution in [2.24, 2.45) is 0 Å². The van der Waals surface area contributed by atoms with Crippen molar-refractivity contribution in [1.82, 2.24) is 20.0 Å². The van der Waals surface area contributed by atoms with Gasteiger partial charge in [0, 0.05) is 12.0 Å². The SMILES string of the molecule is O=C(Cn1nc(-c2cccs2)ccc1=O)Nc1nnc(C2CC2)s1. The molecule has 0 atom stereocenters. The summed E-state index contributed by atoms with van der Waals surface area (Å²) in [6, 6.07) is 6.92. The van der Waals surface area contributed by atoms with Gasteiger partial charge in [-0.15, -0.1) is 21.5 Å². The van der Waals surface area contributed by atoms with Crippen molar-refractivity contribution in [3.8, 4) is 10.6 Å². The standard InChI is InChI=1S/C15H13N5O2S2/c21-12(16-15-18-17-14(24-15)9-3-4-9)8-20-13(22)6-5-10(19-20)11-2-1-7-23-11/h1-2,5-7,9H,3-4,8H2,(H,16,18,21). The lowest BCUT2D eigenvalue weighted by Gasteiger charge is -2.05. The molecule has 7 nitrogen and oxygen atoms in total. The first-order valence-electron chi connectivity index (χ1n) is 7.44. The summed E-state index contributed by atoms with van der Waals surface area (Å²) in [6.07, 6.45) is 2.27. The van der Waals surface area contributed by atoms with Gasteiger partial charge in [0.2, 0.25) is 11.0 Å². The summed E-state index contributed by atoms with van der Waals surface area (Å²) in [4.78, 5) is 25.0. The monoisotopic (exact) mass is 359 g/mol. The number of nitrogens with one attached hydrogen (secondary N) is 1. The van der Waals surface area contributed by atoms with Crippen molar-refractivity contribution in [2.75, 3.05) is 5.32 Å². The van der Waals surface area contributed by atoms with E-state index in [0.717, 1.165) is 27.4 Å². The van der Waals surface area contributed by atoms with Crippen molar-refractivity contribution in [3.63, 3.8) is 0 Å². The molecule has 3 aromatic rings. The number of thiophene rings is 1. The Morgan fingerprint density at radius 3 is 2.92 bits per heavy atom. The molecule has 0 bridgehead atoms. The minimum Gasteiger partial charge on any atom is -0.299 e. The zero-order valence-electron chi connectivity index (χ0n) is 12.5. The Morgan fingerprint density at radius 2 is 2.17 bits per heavy atom. The molecule has 0 radical (unpaired) electrons. The van der Waals surface area contributed by atoms with Gasteiger partial charge in [0.1, 0.15) is 17.2 Å². The molecule has 24 heavy (non-hydrogen) atoms. The van der Waals surface area contributed by atoms with Gasteiger partial charge < -0.3 is 0 Å². The number of carbonyl (C=O) groups is 1. The third-order valence-electron chi connectivity index (χ3n) is 3.55.